The number of benzene rings is 1. The van der Waals surface area contributed by atoms with Gasteiger partial charge in [-0.2, -0.15) is 0 Å². The molecule has 0 aliphatic rings. The lowest BCUT2D eigenvalue weighted by atomic mass is 10.2. The number of aromatic nitrogens is 1. The van der Waals surface area contributed by atoms with Crippen LogP contribution in [0.15, 0.2) is 22.6 Å². The number of halogens is 3. The molecule has 1 heterocycles. The van der Waals surface area contributed by atoms with Crippen LogP contribution < -0.4 is 0 Å². The Bertz CT molecular complexity index is 504. The van der Waals surface area contributed by atoms with Gasteiger partial charge in [0.25, 0.3) is 0 Å². The van der Waals surface area contributed by atoms with E-state index in [1.807, 2.05) is 0 Å². The number of rotatable bonds is 2. The molecule has 0 saturated carbocycles. The van der Waals surface area contributed by atoms with Crippen molar-refractivity contribution in [2.75, 3.05) is 0 Å². The molecule has 0 aliphatic carbocycles. The summed E-state index contributed by atoms with van der Waals surface area (Å²) in [6, 6.07) is 3.11. The molecule has 84 valence electrons. The number of nitrogens with zero attached hydrogens (tertiary/aromatic N) is 1. The summed E-state index contributed by atoms with van der Waals surface area (Å²) in [7, 11) is 0. The van der Waals surface area contributed by atoms with E-state index in [2.05, 4.69) is 4.98 Å². The van der Waals surface area contributed by atoms with Crippen LogP contribution in [0.1, 0.15) is 11.5 Å². The van der Waals surface area contributed by atoms with Gasteiger partial charge in [-0.3, -0.25) is 0 Å². The molecular formula is C11H8ClF2NO. The Morgan fingerprint density at radius 2 is 1.88 bits per heavy atom. The van der Waals surface area contributed by atoms with Gasteiger partial charge in [-0.1, -0.05) is 0 Å². The van der Waals surface area contributed by atoms with Gasteiger partial charge in [0.05, 0.1) is 11.6 Å². The molecule has 0 N–H and O–H groups in total. The number of hydrogen-bond donors (Lipinski definition) is 0. The Balaban J connectivity index is 2.49. The van der Waals surface area contributed by atoms with Crippen LogP contribution in [0.5, 0.6) is 0 Å². The van der Waals surface area contributed by atoms with E-state index in [1.54, 1.807) is 6.92 Å². The second-order valence-electron chi connectivity index (χ2n) is 3.31. The predicted molar refractivity (Wildman–Crippen MR) is 56.1 cm³/mol. The zero-order chi connectivity index (χ0) is 11.7. The van der Waals surface area contributed by atoms with Crippen molar-refractivity contribution in [2.45, 2.75) is 12.8 Å². The van der Waals surface area contributed by atoms with E-state index in [1.165, 1.54) is 0 Å². The number of hydrogen-bond acceptors (Lipinski definition) is 2. The summed E-state index contributed by atoms with van der Waals surface area (Å²) in [5.41, 5.74) is 0.832. The Labute approximate surface area is 95.9 Å². The summed E-state index contributed by atoms with van der Waals surface area (Å²) in [5, 5.41) is 0. The lowest BCUT2D eigenvalue weighted by molar-refractivity contribution is 0.536. The number of aryl methyl sites for hydroxylation is 1. The van der Waals surface area contributed by atoms with Crippen molar-refractivity contribution < 1.29 is 13.2 Å². The summed E-state index contributed by atoms with van der Waals surface area (Å²) in [5.74, 6) is -0.412. The Hall–Kier alpha value is -1.42. The normalized spacial score (nSPS) is 10.8. The lowest BCUT2D eigenvalue weighted by Gasteiger charge is -1.96. The molecule has 0 spiro atoms. The molecule has 0 saturated heterocycles. The number of oxazole rings is 1. The maximum atomic E-state index is 13.0. The van der Waals surface area contributed by atoms with Crippen LogP contribution in [0.3, 0.4) is 0 Å². The first-order chi connectivity index (χ1) is 7.60. The molecule has 2 nitrogen and oxygen atoms in total. The third-order valence-electron chi connectivity index (χ3n) is 2.13. The first kappa shape index (κ1) is 11.1. The largest absolute Gasteiger partial charge is 0.441 e. The van der Waals surface area contributed by atoms with E-state index in [0.29, 0.717) is 11.5 Å². The summed E-state index contributed by atoms with van der Waals surface area (Å²) in [6.07, 6.45) is 0. The predicted octanol–water partition coefficient (Wildman–Crippen LogP) is 3.67. The van der Waals surface area contributed by atoms with Crippen LogP contribution in [-0.2, 0) is 5.88 Å². The quantitative estimate of drug-likeness (QED) is 0.753. The van der Waals surface area contributed by atoms with E-state index < -0.39 is 11.6 Å². The van der Waals surface area contributed by atoms with Gasteiger partial charge in [0.2, 0.25) is 5.89 Å². The van der Waals surface area contributed by atoms with Gasteiger partial charge in [0.15, 0.2) is 0 Å². The molecule has 0 amide bonds. The highest BCUT2D eigenvalue weighted by Gasteiger charge is 2.12. The second-order valence-corrected chi connectivity index (χ2v) is 3.58. The van der Waals surface area contributed by atoms with Crippen molar-refractivity contribution in [1.82, 2.24) is 4.98 Å². The van der Waals surface area contributed by atoms with Crippen LogP contribution in [0.2, 0.25) is 0 Å². The van der Waals surface area contributed by atoms with Gasteiger partial charge in [0.1, 0.15) is 17.4 Å². The topological polar surface area (TPSA) is 26.0 Å². The molecule has 16 heavy (non-hydrogen) atoms. The smallest absolute Gasteiger partial charge is 0.226 e. The molecule has 2 aromatic rings. The SMILES string of the molecule is Cc1oc(-c2cc(F)cc(F)c2)nc1CCl. The van der Waals surface area contributed by atoms with Gasteiger partial charge in [-0.05, 0) is 19.1 Å². The Kier molecular flexibility index (Phi) is 2.92. The Morgan fingerprint density at radius 1 is 1.25 bits per heavy atom. The van der Waals surface area contributed by atoms with Crippen molar-refractivity contribution >= 4 is 11.6 Å². The van der Waals surface area contributed by atoms with Gasteiger partial charge < -0.3 is 4.42 Å². The van der Waals surface area contributed by atoms with Gasteiger partial charge in [-0.15, -0.1) is 11.6 Å². The zero-order valence-electron chi connectivity index (χ0n) is 8.43. The first-order valence-corrected chi connectivity index (χ1v) is 5.12. The summed E-state index contributed by atoms with van der Waals surface area (Å²) in [4.78, 5) is 4.05. The monoisotopic (exact) mass is 243 g/mol. The zero-order valence-corrected chi connectivity index (χ0v) is 9.18. The summed E-state index contributed by atoms with van der Waals surface area (Å²) >= 11 is 5.62. The van der Waals surface area contributed by atoms with E-state index in [0.717, 1.165) is 18.2 Å². The van der Waals surface area contributed by atoms with E-state index in [4.69, 9.17) is 16.0 Å². The molecular weight excluding hydrogens is 236 g/mol. The van der Waals surface area contributed by atoms with Gasteiger partial charge in [-0.25, -0.2) is 13.8 Å². The van der Waals surface area contributed by atoms with Crippen LogP contribution >= 0.6 is 11.6 Å². The maximum absolute atomic E-state index is 13.0. The van der Waals surface area contributed by atoms with Crippen LogP contribution in [-0.4, -0.2) is 4.98 Å². The lowest BCUT2D eigenvalue weighted by Crippen LogP contribution is -1.85. The minimum Gasteiger partial charge on any atom is -0.441 e. The highest BCUT2D eigenvalue weighted by Crippen LogP contribution is 2.24. The molecule has 0 bridgehead atoms. The molecule has 0 unspecified atom stereocenters. The first-order valence-electron chi connectivity index (χ1n) is 4.59. The standard InChI is InChI=1S/C11H8ClF2NO/c1-6-10(5-12)15-11(16-6)7-2-8(13)4-9(14)3-7/h2-4H,5H2,1H3. The van der Waals surface area contributed by atoms with Crippen LogP contribution in [0, 0.1) is 18.6 Å². The van der Waals surface area contributed by atoms with Crippen LogP contribution in [0.25, 0.3) is 11.5 Å². The Morgan fingerprint density at radius 3 is 2.38 bits per heavy atom. The van der Waals surface area contributed by atoms with Gasteiger partial charge >= 0.3 is 0 Å². The average molecular weight is 244 g/mol. The van der Waals surface area contributed by atoms with E-state index >= 15 is 0 Å². The summed E-state index contributed by atoms with van der Waals surface area (Å²) < 4.78 is 31.2. The van der Waals surface area contributed by atoms with Gasteiger partial charge in [0, 0.05) is 11.6 Å². The molecule has 1 aromatic carbocycles. The number of alkyl halides is 1. The minimum atomic E-state index is -0.668. The highest BCUT2D eigenvalue weighted by molar-refractivity contribution is 6.16. The fraction of sp³-hybridized carbons (Fsp3) is 0.182. The van der Waals surface area contributed by atoms with Crippen molar-refractivity contribution in [3.63, 3.8) is 0 Å². The molecule has 0 aliphatic heterocycles. The molecule has 0 atom stereocenters. The average Bonchev–Trinajstić information content (AvgIpc) is 2.58. The van der Waals surface area contributed by atoms with Crippen LogP contribution in [0.4, 0.5) is 8.78 Å². The molecule has 1 aromatic heterocycles. The fourth-order valence-electron chi connectivity index (χ4n) is 1.35. The van der Waals surface area contributed by atoms with Crippen molar-refractivity contribution in [1.29, 1.82) is 0 Å². The molecule has 0 radical (unpaired) electrons. The minimum absolute atomic E-state index is 0.173. The van der Waals surface area contributed by atoms with E-state index in [-0.39, 0.29) is 17.3 Å². The molecule has 5 heteroatoms. The van der Waals surface area contributed by atoms with Crippen molar-refractivity contribution in [2.24, 2.45) is 0 Å². The third-order valence-corrected chi connectivity index (χ3v) is 2.38. The van der Waals surface area contributed by atoms with Crippen molar-refractivity contribution in [3.8, 4) is 11.5 Å². The maximum Gasteiger partial charge on any atom is 0.226 e. The molecule has 2 rings (SSSR count). The second kappa shape index (κ2) is 4.22. The highest BCUT2D eigenvalue weighted by atomic mass is 35.5. The summed E-state index contributed by atoms with van der Waals surface area (Å²) in [6.45, 7) is 1.70. The van der Waals surface area contributed by atoms with E-state index in [9.17, 15) is 8.78 Å². The third kappa shape index (κ3) is 2.07. The fourth-order valence-corrected chi connectivity index (χ4v) is 1.60. The van der Waals surface area contributed by atoms with Crippen molar-refractivity contribution in [3.05, 3.63) is 41.3 Å². The molecule has 0 fully saturated rings.